The number of nitrogens with zero attached hydrogens (tertiary/aromatic N) is 1. The molecule has 1 atom stereocenters. The van der Waals surface area contributed by atoms with E-state index >= 15 is 0 Å². The molecule has 2 heterocycles. The van der Waals surface area contributed by atoms with Gasteiger partial charge in [0.2, 0.25) is 0 Å². The molecule has 0 bridgehead atoms. The van der Waals surface area contributed by atoms with E-state index in [9.17, 15) is 0 Å². The van der Waals surface area contributed by atoms with Crippen LogP contribution in [0.25, 0.3) is 0 Å². The van der Waals surface area contributed by atoms with E-state index in [0.717, 1.165) is 37.3 Å². The first kappa shape index (κ1) is 14.1. The van der Waals surface area contributed by atoms with E-state index < -0.39 is 0 Å². The monoisotopic (exact) mass is 282 g/mol. The number of fused-ring (bicyclic) bond motifs is 1. The number of nitrogens with one attached hydrogen (secondary N) is 1. The number of benzene rings is 1. The fourth-order valence-corrected chi connectivity index (χ4v) is 2.87. The average molecular weight is 282 g/mol. The van der Waals surface area contributed by atoms with E-state index in [-0.39, 0.29) is 0 Å². The molecule has 3 nitrogen and oxygen atoms in total. The maximum absolute atomic E-state index is 5.56. The first-order chi connectivity index (χ1) is 10.3. The van der Waals surface area contributed by atoms with Gasteiger partial charge in [0.05, 0.1) is 6.61 Å². The lowest BCUT2D eigenvalue weighted by molar-refractivity contribution is 0.357. The van der Waals surface area contributed by atoms with Gasteiger partial charge in [-0.2, -0.15) is 0 Å². The summed E-state index contributed by atoms with van der Waals surface area (Å²) in [6.07, 6.45) is 5.15. The van der Waals surface area contributed by atoms with Gasteiger partial charge in [-0.05, 0) is 55.6 Å². The minimum absolute atomic E-state index is 0.350. The molecule has 3 heteroatoms. The largest absolute Gasteiger partial charge is 0.493 e. The Morgan fingerprint density at radius 3 is 2.95 bits per heavy atom. The Bertz CT molecular complexity index is 607. The molecule has 2 aromatic rings. The summed E-state index contributed by atoms with van der Waals surface area (Å²) >= 11 is 0. The molecule has 0 saturated heterocycles. The maximum atomic E-state index is 5.56. The molecular formula is C18H22N2O. The predicted molar refractivity (Wildman–Crippen MR) is 84.7 cm³/mol. The van der Waals surface area contributed by atoms with Crippen LogP contribution < -0.4 is 10.1 Å². The van der Waals surface area contributed by atoms with Crippen LogP contribution in [0.1, 0.15) is 34.8 Å². The van der Waals surface area contributed by atoms with Crippen molar-refractivity contribution in [2.75, 3.05) is 13.7 Å². The van der Waals surface area contributed by atoms with Crippen molar-refractivity contribution in [1.82, 2.24) is 10.3 Å². The molecule has 0 fully saturated rings. The fraction of sp³-hybridized carbons (Fsp3) is 0.389. The zero-order chi connectivity index (χ0) is 14.7. The van der Waals surface area contributed by atoms with Crippen LogP contribution in [0.4, 0.5) is 0 Å². The van der Waals surface area contributed by atoms with Gasteiger partial charge in [0, 0.05) is 24.4 Å². The lowest BCUT2D eigenvalue weighted by atomic mass is 9.98. The number of ether oxygens (including phenoxy) is 1. The van der Waals surface area contributed by atoms with Gasteiger partial charge in [0.25, 0.3) is 0 Å². The highest BCUT2D eigenvalue weighted by Crippen LogP contribution is 2.27. The number of aromatic nitrogens is 1. The molecule has 0 aliphatic carbocycles. The maximum Gasteiger partial charge on any atom is 0.122 e. The van der Waals surface area contributed by atoms with E-state index in [4.69, 9.17) is 4.74 Å². The number of aryl methyl sites for hydroxylation is 2. The molecule has 1 unspecified atom stereocenters. The normalized spacial score (nSPS) is 14.6. The van der Waals surface area contributed by atoms with Gasteiger partial charge in [-0.15, -0.1) is 0 Å². The molecule has 21 heavy (non-hydrogen) atoms. The van der Waals surface area contributed by atoms with Crippen molar-refractivity contribution in [3.63, 3.8) is 0 Å². The van der Waals surface area contributed by atoms with E-state index in [2.05, 4.69) is 40.6 Å². The van der Waals surface area contributed by atoms with Crippen molar-refractivity contribution in [1.29, 1.82) is 0 Å². The zero-order valence-corrected chi connectivity index (χ0v) is 12.7. The van der Waals surface area contributed by atoms with Gasteiger partial charge < -0.3 is 10.1 Å². The van der Waals surface area contributed by atoms with Crippen molar-refractivity contribution in [2.24, 2.45) is 0 Å². The molecule has 1 N–H and O–H groups in total. The summed E-state index contributed by atoms with van der Waals surface area (Å²) in [7, 11) is 2.01. The Morgan fingerprint density at radius 1 is 1.29 bits per heavy atom. The fourth-order valence-electron chi connectivity index (χ4n) is 2.87. The summed E-state index contributed by atoms with van der Waals surface area (Å²) in [6, 6.07) is 11.2. The number of hydrogen-bond acceptors (Lipinski definition) is 3. The van der Waals surface area contributed by atoms with Gasteiger partial charge in [-0.1, -0.05) is 18.2 Å². The quantitative estimate of drug-likeness (QED) is 0.914. The molecule has 0 radical (unpaired) electrons. The van der Waals surface area contributed by atoms with Crippen LogP contribution in [0.15, 0.2) is 36.5 Å². The number of hydrogen-bond donors (Lipinski definition) is 1. The summed E-state index contributed by atoms with van der Waals surface area (Å²) in [5.74, 6) is 1.06. The van der Waals surface area contributed by atoms with Crippen molar-refractivity contribution in [3.05, 3.63) is 58.9 Å². The highest BCUT2D eigenvalue weighted by molar-refractivity contribution is 5.39. The smallest absolute Gasteiger partial charge is 0.122 e. The zero-order valence-electron chi connectivity index (χ0n) is 12.7. The Hall–Kier alpha value is -1.87. The van der Waals surface area contributed by atoms with Crippen LogP contribution in [-0.4, -0.2) is 18.6 Å². The molecule has 1 aromatic heterocycles. The van der Waals surface area contributed by atoms with Crippen LogP contribution in [0.2, 0.25) is 0 Å². The van der Waals surface area contributed by atoms with E-state index in [1.54, 1.807) is 0 Å². The summed E-state index contributed by atoms with van der Waals surface area (Å²) < 4.78 is 5.56. The lowest BCUT2D eigenvalue weighted by Crippen LogP contribution is -2.17. The lowest BCUT2D eigenvalue weighted by Gasteiger charge is -2.16. The van der Waals surface area contributed by atoms with Gasteiger partial charge in [0.1, 0.15) is 5.75 Å². The summed E-state index contributed by atoms with van der Waals surface area (Å²) in [5.41, 5.74) is 5.06. The van der Waals surface area contributed by atoms with Crippen molar-refractivity contribution in [2.45, 2.75) is 32.2 Å². The molecule has 1 aromatic carbocycles. The molecule has 0 spiro atoms. The second-order valence-electron chi connectivity index (χ2n) is 5.65. The van der Waals surface area contributed by atoms with E-state index in [1.165, 1.54) is 16.7 Å². The Kier molecular flexibility index (Phi) is 4.20. The Labute approximate surface area is 126 Å². The highest BCUT2D eigenvalue weighted by atomic mass is 16.5. The van der Waals surface area contributed by atoms with Gasteiger partial charge in [-0.3, -0.25) is 4.98 Å². The second kappa shape index (κ2) is 6.27. The molecular weight excluding hydrogens is 260 g/mol. The van der Waals surface area contributed by atoms with Gasteiger partial charge >= 0.3 is 0 Å². The van der Waals surface area contributed by atoms with Gasteiger partial charge in [-0.25, -0.2) is 0 Å². The van der Waals surface area contributed by atoms with Crippen LogP contribution in [0.3, 0.4) is 0 Å². The number of rotatable bonds is 5. The van der Waals surface area contributed by atoms with E-state index in [0.29, 0.717) is 6.04 Å². The Morgan fingerprint density at radius 2 is 2.19 bits per heavy atom. The van der Waals surface area contributed by atoms with Crippen LogP contribution in [0.5, 0.6) is 5.75 Å². The average Bonchev–Trinajstić information content (AvgIpc) is 2.97. The van der Waals surface area contributed by atoms with Crippen LogP contribution in [0, 0.1) is 6.92 Å². The molecule has 1 aliphatic heterocycles. The first-order valence-corrected chi connectivity index (χ1v) is 7.60. The number of pyridine rings is 1. The van der Waals surface area contributed by atoms with Crippen LogP contribution >= 0.6 is 0 Å². The molecule has 1 aliphatic rings. The van der Waals surface area contributed by atoms with Crippen molar-refractivity contribution >= 4 is 0 Å². The van der Waals surface area contributed by atoms with Crippen LogP contribution in [-0.2, 0) is 12.8 Å². The summed E-state index contributed by atoms with van der Waals surface area (Å²) in [6.45, 7) is 2.84. The Balaban J connectivity index is 1.66. The second-order valence-corrected chi connectivity index (χ2v) is 5.65. The van der Waals surface area contributed by atoms with Crippen molar-refractivity contribution in [3.8, 4) is 5.75 Å². The molecule has 3 rings (SSSR count). The van der Waals surface area contributed by atoms with E-state index in [1.807, 2.05) is 20.2 Å². The molecule has 110 valence electrons. The summed E-state index contributed by atoms with van der Waals surface area (Å²) in [5, 5.41) is 3.40. The third-order valence-corrected chi connectivity index (χ3v) is 4.16. The highest BCUT2D eigenvalue weighted by Gasteiger charge is 2.13. The standard InChI is InChI=1S/C18H22N2O/c1-13-3-6-16(12-20-13)17(19-2)7-4-14-5-8-18-15(11-14)9-10-21-18/h3,5-6,8,11-12,17,19H,4,7,9-10H2,1-2H3. The third-order valence-electron chi connectivity index (χ3n) is 4.16. The van der Waals surface area contributed by atoms with Gasteiger partial charge in [0.15, 0.2) is 0 Å². The predicted octanol–water partition coefficient (Wildman–Crippen LogP) is 3.22. The third kappa shape index (κ3) is 3.24. The molecule has 0 saturated carbocycles. The minimum Gasteiger partial charge on any atom is -0.493 e. The SMILES string of the molecule is CNC(CCc1ccc2c(c1)CCO2)c1ccc(C)nc1. The topological polar surface area (TPSA) is 34.1 Å². The first-order valence-electron chi connectivity index (χ1n) is 7.60. The molecule has 0 amide bonds. The minimum atomic E-state index is 0.350. The summed E-state index contributed by atoms with van der Waals surface area (Å²) in [4.78, 5) is 4.39. The van der Waals surface area contributed by atoms with Crippen molar-refractivity contribution < 1.29 is 4.74 Å².